The topological polar surface area (TPSA) is 83.5 Å². The molecule has 6 heteroatoms. The Morgan fingerprint density at radius 1 is 1.35 bits per heavy atom. The molecule has 0 spiro atoms. The van der Waals surface area contributed by atoms with Crippen LogP contribution in [0.25, 0.3) is 0 Å². The maximum Gasteiger partial charge on any atom is 0.355 e. The van der Waals surface area contributed by atoms with Gasteiger partial charge in [0.05, 0.1) is 12.3 Å². The maximum atomic E-state index is 12.1. The molecule has 0 bridgehead atoms. The first-order valence-electron chi connectivity index (χ1n) is 6.86. The molecule has 2 N–H and O–H groups in total. The van der Waals surface area contributed by atoms with E-state index >= 15 is 0 Å². The number of carbonyl (C=O) groups is 2. The summed E-state index contributed by atoms with van der Waals surface area (Å²) >= 11 is 0. The number of nitrogens with zero attached hydrogens (tertiary/aromatic N) is 1. The van der Waals surface area contributed by atoms with Crippen LogP contribution in [0.2, 0.25) is 0 Å². The summed E-state index contributed by atoms with van der Waals surface area (Å²) in [5.41, 5.74) is 6.55. The van der Waals surface area contributed by atoms with Crippen molar-refractivity contribution in [3.05, 3.63) is 18.0 Å². The minimum Gasteiger partial charge on any atom is -0.463 e. The molecule has 1 aromatic heterocycles. The summed E-state index contributed by atoms with van der Waals surface area (Å²) in [6, 6.07) is 1.55. The lowest BCUT2D eigenvalue weighted by Gasteiger charge is -2.15. The Hall–Kier alpha value is -1.98. The molecular formula is C14H22N2O4. The van der Waals surface area contributed by atoms with Crippen LogP contribution in [0.1, 0.15) is 44.1 Å². The third kappa shape index (κ3) is 4.01. The van der Waals surface area contributed by atoms with Crippen LogP contribution in [0.5, 0.6) is 0 Å². The van der Waals surface area contributed by atoms with Crippen molar-refractivity contribution in [2.45, 2.75) is 46.3 Å². The zero-order valence-electron chi connectivity index (χ0n) is 12.2. The van der Waals surface area contributed by atoms with Gasteiger partial charge in [-0.05, 0) is 25.8 Å². The molecule has 1 rings (SSSR count). The second kappa shape index (κ2) is 7.57. The van der Waals surface area contributed by atoms with Crippen LogP contribution in [-0.4, -0.2) is 29.2 Å². The first-order chi connectivity index (χ1) is 9.53. The van der Waals surface area contributed by atoms with E-state index in [4.69, 9.17) is 15.2 Å². The molecule has 0 saturated carbocycles. The third-order valence-corrected chi connectivity index (χ3v) is 2.76. The van der Waals surface area contributed by atoms with E-state index in [9.17, 15) is 9.59 Å². The number of nitrogens with two attached hydrogens (primary N) is 1. The van der Waals surface area contributed by atoms with Crippen LogP contribution in [0.4, 0.5) is 5.69 Å². The predicted molar refractivity (Wildman–Crippen MR) is 75.3 cm³/mol. The van der Waals surface area contributed by atoms with Gasteiger partial charge in [-0.2, -0.15) is 0 Å². The fourth-order valence-electron chi connectivity index (χ4n) is 1.85. The van der Waals surface area contributed by atoms with Crippen LogP contribution in [0, 0.1) is 0 Å². The number of rotatable bonds is 7. The Morgan fingerprint density at radius 3 is 2.60 bits per heavy atom. The van der Waals surface area contributed by atoms with Crippen molar-refractivity contribution >= 4 is 17.6 Å². The molecule has 6 nitrogen and oxygen atoms in total. The number of aryl methyl sites for hydroxylation is 1. The second-order valence-electron chi connectivity index (χ2n) is 4.41. The summed E-state index contributed by atoms with van der Waals surface area (Å²) in [7, 11) is 0. The number of nitrogen functional groups attached to an aromatic ring is 1. The average molecular weight is 282 g/mol. The molecule has 1 unspecified atom stereocenters. The van der Waals surface area contributed by atoms with Gasteiger partial charge < -0.3 is 19.8 Å². The minimum absolute atomic E-state index is 0.256. The number of hydrogen-bond acceptors (Lipinski definition) is 5. The second-order valence-corrected chi connectivity index (χ2v) is 4.41. The monoisotopic (exact) mass is 282 g/mol. The molecule has 20 heavy (non-hydrogen) atoms. The van der Waals surface area contributed by atoms with Gasteiger partial charge in [-0.25, -0.2) is 9.59 Å². The van der Waals surface area contributed by atoms with Gasteiger partial charge in [-0.15, -0.1) is 0 Å². The first-order valence-corrected chi connectivity index (χ1v) is 6.86. The van der Waals surface area contributed by atoms with E-state index in [1.807, 2.05) is 6.92 Å². The van der Waals surface area contributed by atoms with E-state index < -0.39 is 18.0 Å². The van der Waals surface area contributed by atoms with E-state index in [-0.39, 0.29) is 6.61 Å². The lowest BCUT2D eigenvalue weighted by atomic mass is 10.3. The number of esters is 2. The van der Waals surface area contributed by atoms with Crippen LogP contribution in [-0.2, 0) is 20.8 Å². The van der Waals surface area contributed by atoms with Crippen molar-refractivity contribution in [1.82, 2.24) is 4.57 Å². The highest BCUT2D eigenvalue weighted by molar-refractivity contribution is 5.91. The molecule has 0 aromatic carbocycles. The van der Waals surface area contributed by atoms with Crippen LogP contribution in [0.15, 0.2) is 12.3 Å². The Labute approximate surface area is 118 Å². The molecule has 1 atom stereocenters. The molecular weight excluding hydrogens is 260 g/mol. The molecule has 0 aliphatic rings. The van der Waals surface area contributed by atoms with E-state index in [2.05, 4.69) is 0 Å². The Morgan fingerprint density at radius 2 is 2.05 bits per heavy atom. The summed E-state index contributed by atoms with van der Waals surface area (Å²) in [6.07, 6.45) is 2.04. The summed E-state index contributed by atoms with van der Waals surface area (Å²) < 4.78 is 11.8. The highest BCUT2D eigenvalue weighted by atomic mass is 16.6. The molecule has 0 radical (unpaired) electrons. The molecule has 0 amide bonds. The van der Waals surface area contributed by atoms with Crippen molar-refractivity contribution in [3.63, 3.8) is 0 Å². The van der Waals surface area contributed by atoms with E-state index in [1.165, 1.54) is 0 Å². The Balaban J connectivity index is 2.81. The van der Waals surface area contributed by atoms with Gasteiger partial charge in [0.2, 0.25) is 0 Å². The average Bonchev–Trinajstić information content (AvgIpc) is 2.77. The predicted octanol–water partition coefficient (Wildman–Crippen LogP) is 1.98. The smallest absolute Gasteiger partial charge is 0.355 e. The fraction of sp³-hybridized carbons (Fsp3) is 0.571. The molecule has 0 fully saturated rings. The molecule has 112 valence electrons. The normalized spacial score (nSPS) is 11.9. The Kier molecular flexibility index (Phi) is 6.09. The SMILES string of the molecule is CCCn1cc(N)cc1C(=O)OC(CC)C(=O)OCC. The van der Waals surface area contributed by atoms with Crippen molar-refractivity contribution in [1.29, 1.82) is 0 Å². The minimum atomic E-state index is -0.881. The van der Waals surface area contributed by atoms with Gasteiger partial charge in [-0.1, -0.05) is 13.8 Å². The quantitative estimate of drug-likeness (QED) is 0.773. The van der Waals surface area contributed by atoms with Gasteiger partial charge in [0.15, 0.2) is 6.10 Å². The van der Waals surface area contributed by atoms with Crippen LogP contribution in [0.3, 0.4) is 0 Å². The van der Waals surface area contributed by atoms with Gasteiger partial charge in [0.25, 0.3) is 0 Å². The molecule has 0 aliphatic carbocycles. The zero-order valence-corrected chi connectivity index (χ0v) is 12.2. The van der Waals surface area contributed by atoms with Crippen molar-refractivity contribution in [2.75, 3.05) is 12.3 Å². The summed E-state index contributed by atoms with van der Waals surface area (Å²) in [5, 5.41) is 0. The number of hydrogen-bond donors (Lipinski definition) is 1. The summed E-state index contributed by atoms with van der Waals surface area (Å²) in [4.78, 5) is 23.8. The number of carbonyl (C=O) groups excluding carboxylic acids is 2. The molecule has 1 heterocycles. The van der Waals surface area contributed by atoms with Gasteiger partial charge in [0.1, 0.15) is 5.69 Å². The van der Waals surface area contributed by atoms with Crippen LogP contribution >= 0.6 is 0 Å². The lowest BCUT2D eigenvalue weighted by Crippen LogP contribution is -2.29. The highest BCUT2D eigenvalue weighted by Crippen LogP contribution is 2.14. The standard InChI is InChI=1S/C14H22N2O4/c1-4-7-16-9-10(15)8-11(16)13(17)20-12(5-2)14(18)19-6-3/h8-9,12H,4-7,15H2,1-3H3. The van der Waals surface area contributed by atoms with Gasteiger partial charge >= 0.3 is 11.9 Å². The third-order valence-electron chi connectivity index (χ3n) is 2.76. The van der Waals surface area contributed by atoms with Crippen molar-refractivity contribution in [3.8, 4) is 0 Å². The van der Waals surface area contributed by atoms with Gasteiger partial charge in [0, 0.05) is 12.7 Å². The van der Waals surface area contributed by atoms with Crippen molar-refractivity contribution < 1.29 is 19.1 Å². The highest BCUT2D eigenvalue weighted by Gasteiger charge is 2.24. The summed E-state index contributed by atoms with van der Waals surface area (Å²) in [5.74, 6) is -1.08. The largest absolute Gasteiger partial charge is 0.463 e. The van der Waals surface area contributed by atoms with Gasteiger partial charge in [-0.3, -0.25) is 0 Å². The van der Waals surface area contributed by atoms with Crippen molar-refractivity contribution in [2.24, 2.45) is 0 Å². The Bertz CT molecular complexity index is 468. The first kappa shape index (κ1) is 16.1. The number of aromatic nitrogens is 1. The zero-order chi connectivity index (χ0) is 15.1. The van der Waals surface area contributed by atoms with E-state index in [0.717, 1.165) is 6.42 Å². The fourth-order valence-corrected chi connectivity index (χ4v) is 1.85. The molecule has 0 aliphatic heterocycles. The number of anilines is 1. The molecule has 0 saturated heterocycles. The molecule has 1 aromatic rings. The summed E-state index contributed by atoms with van der Waals surface area (Å²) in [6.45, 7) is 6.39. The number of ether oxygens (including phenoxy) is 2. The van der Waals surface area contributed by atoms with Crippen LogP contribution < -0.4 is 5.73 Å². The lowest BCUT2D eigenvalue weighted by molar-refractivity contribution is -0.153. The van der Waals surface area contributed by atoms with E-state index in [0.29, 0.717) is 24.3 Å². The maximum absolute atomic E-state index is 12.1. The van der Waals surface area contributed by atoms with E-state index in [1.54, 1.807) is 30.7 Å².